The van der Waals surface area contributed by atoms with E-state index in [1.54, 1.807) is 16.8 Å². The Labute approximate surface area is 182 Å². The molecule has 0 saturated heterocycles. The van der Waals surface area contributed by atoms with Gasteiger partial charge in [-0.15, -0.1) is 0 Å². The number of fused-ring (bicyclic) bond motifs is 1. The number of ether oxygens (including phenoxy) is 1. The maximum absolute atomic E-state index is 13.2. The first kappa shape index (κ1) is 21.5. The molecule has 2 heterocycles. The van der Waals surface area contributed by atoms with Crippen molar-refractivity contribution in [2.75, 3.05) is 33.8 Å². The van der Waals surface area contributed by atoms with Crippen molar-refractivity contribution >= 4 is 0 Å². The van der Waals surface area contributed by atoms with Gasteiger partial charge in [-0.1, -0.05) is 6.07 Å². The Morgan fingerprint density at radius 2 is 1.97 bits per heavy atom. The molecule has 0 unspecified atom stereocenters. The molecule has 6 nitrogen and oxygen atoms in total. The third-order valence-corrected chi connectivity index (χ3v) is 5.50. The molecule has 0 bridgehead atoms. The van der Waals surface area contributed by atoms with E-state index in [1.807, 2.05) is 50.4 Å². The van der Waals surface area contributed by atoms with Crippen molar-refractivity contribution in [3.63, 3.8) is 0 Å². The van der Waals surface area contributed by atoms with Crippen LogP contribution in [0.25, 0.3) is 5.69 Å². The third kappa shape index (κ3) is 5.12. The van der Waals surface area contributed by atoms with Crippen LogP contribution in [-0.2, 0) is 18.7 Å². The number of benzene rings is 2. The molecule has 0 fully saturated rings. The second kappa shape index (κ2) is 8.78. The summed E-state index contributed by atoms with van der Waals surface area (Å²) in [4.78, 5) is 4.29. The number of rotatable bonds is 6. The van der Waals surface area contributed by atoms with Crippen LogP contribution in [0.1, 0.15) is 23.6 Å². The van der Waals surface area contributed by atoms with E-state index in [9.17, 15) is 9.50 Å². The maximum atomic E-state index is 13.2. The van der Waals surface area contributed by atoms with E-state index in [4.69, 9.17) is 4.74 Å². The van der Waals surface area contributed by atoms with Crippen molar-refractivity contribution in [2.45, 2.75) is 25.6 Å². The summed E-state index contributed by atoms with van der Waals surface area (Å²) in [5, 5.41) is 15.3. The van der Waals surface area contributed by atoms with Crippen molar-refractivity contribution in [1.82, 2.24) is 19.6 Å². The van der Waals surface area contributed by atoms with E-state index in [2.05, 4.69) is 16.1 Å². The standard InChI is InChI=1S/C24H29FN4O2/c1-24(30,17-27(2)3)20-4-9-23-19(12-20)16-28(10-11-31-23)14-18-13-26-29(15-18)22-7-5-21(25)6-8-22/h4-9,12-13,15,30H,10-11,14,16-17H2,1-3H3/t24-/m0/s1. The molecule has 0 saturated carbocycles. The van der Waals surface area contributed by atoms with Crippen LogP contribution < -0.4 is 4.74 Å². The first-order valence-electron chi connectivity index (χ1n) is 10.5. The van der Waals surface area contributed by atoms with Crippen LogP contribution in [0.4, 0.5) is 4.39 Å². The smallest absolute Gasteiger partial charge is 0.123 e. The summed E-state index contributed by atoms with van der Waals surface area (Å²) < 4.78 is 20.9. The number of aromatic nitrogens is 2. The van der Waals surface area contributed by atoms with Crippen LogP contribution in [0.15, 0.2) is 54.9 Å². The summed E-state index contributed by atoms with van der Waals surface area (Å²) >= 11 is 0. The highest BCUT2D eigenvalue weighted by Crippen LogP contribution is 2.30. The Balaban J connectivity index is 1.50. The summed E-state index contributed by atoms with van der Waals surface area (Å²) in [6, 6.07) is 12.3. The number of halogens is 1. The van der Waals surface area contributed by atoms with Crippen molar-refractivity contribution in [3.8, 4) is 11.4 Å². The molecule has 0 aliphatic carbocycles. The van der Waals surface area contributed by atoms with E-state index < -0.39 is 5.60 Å². The van der Waals surface area contributed by atoms with Crippen LogP contribution in [0.2, 0.25) is 0 Å². The molecule has 0 amide bonds. The average Bonchev–Trinajstić information content (AvgIpc) is 3.07. The van der Waals surface area contributed by atoms with Crippen molar-refractivity contribution in [1.29, 1.82) is 0 Å². The van der Waals surface area contributed by atoms with Gasteiger partial charge >= 0.3 is 0 Å². The van der Waals surface area contributed by atoms with Gasteiger partial charge in [-0.25, -0.2) is 9.07 Å². The van der Waals surface area contributed by atoms with Gasteiger partial charge in [0.25, 0.3) is 0 Å². The van der Waals surface area contributed by atoms with E-state index in [-0.39, 0.29) is 5.82 Å². The molecular formula is C24H29FN4O2. The van der Waals surface area contributed by atoms with E-state index in [1.165, 1.54) is 12.1 Å². The van der Waals surface area contributed by atoms with Gasteiger partial charge in [-0.2, -0.15) is 5.10 Å². The Kier molecular flexibility index (Phi) is 6.09. The first-order chi connectivity index (χ1) is 14.8. The Hall–Kier alpha value is -2.74. The third-order valence-electron chi connectivity index (χ3n) is 5.50. The molecule has 1 aromatic heterocycles. The zero-order chi connectivity index (χ0) is 22.0. The summed E-state index contributed by atoms with van der Waals surface area (Å²) in [5.74, 6) is 0.609. The number of hydrogen-bond donors (Lipinski definition) is 1. The fourth-order valence-corrected chi connectivity index (χ4v) is 4.06. The van der Waals surface area contributed by atoms with Crippen LogP contribution in [-0.4, -0.2) is 58.5 Å². The van der Waals surface area contributed by atoms with Gasteiger partial charge in [0.05, 0.1) is 17.5 Å². The molecule has 1 N–H and O–H groups in total. The van der Waals surface area contributed by atoms with E-state index >= 15 is 0 Å². The second-order valence-corrected chi connectivity index (χ2v) is 8.66. The molecular weight excluding hydrogens is 395 g/mol. The molecule has 1 atom stereocenters. The minimum Gasteiger partial charge on any atom is -0.492 e. The minimum atomic E-state index is -0.939. The normalized spacial score (nSPS) is 16.5. The molecule has 1 aliphatic rings. The molecule has 31 heavy (non-hydrogen) atoms. The number of likely N-dealkylation sites (N-methyl/N-ethyl adjacent to an activating group) is 1. The second-order valence-electron chi connectivity index (χ2n) is 8.66. The van der Waals surface area contributed by atoms with E-state index in [0.717, 1.165) is 47.8 Å². The Morgan fingerprint density at radius 1 is 1.19 bits per heavy atom. The quantitative estimate of drug-likeness (QED) is 0.659. The highest BCUT2D eigenvalue weighted by atomic mass is 19.1. The predicted octanol–water partition coefficient (Wildman–Crippen LogP) is 3.18. The minimum absolute atomic E-state index is 0.261. The van der Waals surface area contributed by atoms with Crippen LogP contribution in [0.3, 0.4) is 0 Å². The van der Waals surface area contributed by atoms with Gasteiger partial charge in [0.1, 0.15) is 18.2 Å². The van der Waals surface area contributed by atoms with Crippen LogP contribution in [0, 0.1) is 5.82 Å². The lowest BCUT2D eigenvalue weighted by molar-refractivity contribution is 0.0299. The maximum Gasteiger partial charge on any atom is 0.123 e. The number of aliphatic hydroxyl groups is 1. The van der Waals surface area contributed by atoms with Gasteiger partial charge in [0.2, 0.25) is 0 Å². The zero-order valence-electron chi connectivity index (χ0n) is 18.3. The van der Waals surface area contributed by atoms with Gasteiger partial charge in [-0.05, 0) is 63.0 Å². The largest absolute Gasteiger partial charge is 0.492 e. The first-order valence-corrected chi connectivity index (χ1v) is 10.5. The summed E-state index contributed by atoms with van der Waals surface area (Å²) in [7, 11) is 3.91. The van der Waals surface area contributed by atoms with Gasteiger partial charge in [0.15, 0.2) is 0 Å². The number of nitrogens with zero attached hydrogens (tertiary/aromatic N) is 4. The molecule has 3 aromatic rings. The molecule has 7 heteroatoms. The topological polar surface area (TPSA) is 53.8 Å². The van der Waals surface area contributed by atoms with Crippen LogP contribution in [0.5, 0.6) is 5.75 Å². The average molecular weight is 425 g/mol. The highest BCUT2D eigenvalue weighted by molar-refractivity contribution is 5.40. The van der Waals surface area contributed by atoms with Crippen molar-refractivity contribution in [2.24, 2.45) is 0 Å². The van der Waals surface area contributed by atoms with Gasteiger partial charge in [-0.3, -0.25) is 4.90 Å². The predicted molar refractivity (Wildman–Crippen MR) is 118 cm³/mol. The monoisotopic (exact) mass is 424 g/mol. The number of hydrogen-bond acceptors (Lipinski definition) is 5. The molecule has 164 valence electrons. The molecule has 0 spiro atoms. The summed E-state index contributed by atoms with van der Waals surface area (Å²) in [6.07, 6.45) is 3.81. The van der Waals surface area contributed by atoms with Gasteiger partial charge in [0, 0.05) is 43.5 Å². The Bertz CT molecular complexity index is 1030. The SMILES string of the molecule is CN(C)C[C@](C)(O)c1ccc2c(c1)CN(Cc1cnn(-c3ccc(F)cc3)c1)CCO2. The van der Waals surface area contributed by atoms with E-state index in [0.29, 0.717) is 13.2 Å². The summed E-state index contributed by atoms with van der Waals surface area (Å²) in [6.45, 7) is 5.23. The fourth-order valence-electron chi connectivity index (χ4n) is 4.06. The van der Waals surface area contributed by atoms with Gasteiger partial charge < -0.3 is 14.7 Å². The van der Waals surface area contributed by atoms with Crippen LogP contribution >= 0.6 is 0 Å². The highest BCUT2D eigenvalue weighted by Gasteiger charge is 2.26. The Morgan fingerprint density at radius 3 is 2.71 bits per heavy atom. The molecule has 2 aromatic carbocycles. The lowest BCUT2D eigenvalue weighted by atomic mass is 9.93. The molecule has 0 radical (unpaired) electrons. The lowest BCUT2D eigenvalue weighted by Gasteiger charge is -2.28. The van der Waals surface area contributed by atoms with Crippen molar-refractivity contribution < 1.29 is 14.2 Å². The lowest BCUT2D eigenvalue weighted by Crippen LogP contribution is -2.34. The zero-order valence-corrected chi connectivity index (χ0v) is 18.3. The fraction of sp³-hybridized carbons (Fsp3) is 0.375. The molecule has 1 aliphatic heterocycles. The molecule has 4 rings (SSSR count). The summed E-state index contributed by atoms with van der Waals surface area (Å²) in [5.41, 5.74) is 2.91. The van der Waals surface area contributed by atoms with Crippen molar-refractivity contribution in [3.05, 3.63) is 77.4 Å².